The van der Waals surface area contributed by atoms with E-state index in [-0.39, 0.29) is 17.6 Å². The Labute approximate surface area is 179 Å². The molecule has 0 saturated carbocycles. The third-order valence-electron chi connectivity index (χ3n) is 4.05. The first-order valence-electron chi connectivity index (χ1n) is 8.47. The summed E-state index contributed by atoms with van der Waals surface area (Å²) in [7, 11) is 0. The summed E-state index contributed by atoms with van der Waals surface area (Å²) in [6.07, 6.45) is 0. The largest absolute Gasteiger partial charge is 0.309 e. The van der Waals surface area contributed by atoms with Gasteiger partial charge in [-0.15, -0.1) is 22.9 Å². The number of amides is 1. The molecule has 9 heteroatoms. The van der Waals surface area contributed by atoms with Crippen LogP contribution < -0.4 is 5.32 Å². The van der Waals surface area contributed by atoms with Crippen molar-refractivity contribution in [3.05, 3.63) is 70.8 Å². The zero-order valence-electron chi connectivity index (χ0n) is 14.8. The van der Waals surface area contributed by atoms with Crippen LogP contribution in [0.15, 0.2) is 60.0 Å². The number of alkyl halides is 1. The highest BCUT2D eigenvalue weighted by molar-refractivity contribution is 7.12. The van der Waals surface area contributed by atoms with Gasteiger partial charge in [-0.2, -0.15) is 9.78 Å². The molecule has 2 aromatic carbocycles. The highest BCUT2D eigenvalue weighted by Crippen LogP contribution is 2.29. The second kappa shape index (κ2) is 8.32. The van der Waals surface area contributed by atoms with E-state index in [0.29, 0.717) is 27.2 Å². The monoisotopic (exact) mass is 446 g/mol. The van der Waals surface area contributed by atoms with Gasteiger partial charge in [0.25, 0.3) is 0 Å². The third kappa shape index (κ3) is 4.32. The molecule has 2 heterocycles. The number of hydrogen-bond donors (Lipinski definition) is 1. The van der Waals surface area contributed by atoms with Gasteiger partial charge < -0.3 is 5.32 Å². The van der Waals surface area contributed by atoms with E-state index in [1.165, 1.54) is 28.2 Å². The molecule has 0 saturated heterocycles. The molecule has 0 aliphatic rings. The second-order valence-corrected chi connectivity index (χ2v) is 7.58. The molecule has 146 valence electrons. The van der Waals surface area contributed by atoms with Crippen molar-refractivity contribution < 1.29 is 9.18 Å². The smallest absolute Gasteiger partial charge is 0.240 e. The molecular formula is C20H13Cl2FN4OS. The summed E-state index contributed by atoms with van der Waals surface area (Å²) in [5.74, 6) is -0.471. The molecule has 5 nitrogen and oxygen atoms in total. The lowest BCUT2D eigenvalue weighted by Gasteiger charge is -2.04. The van der Waals surface area contributed by atoms with Gasteiger partial charge in [-0.05, 0) is 36.4 Å². The number of nitrogens with zero attached hydrogens (tertiary/aromatic N) is 3. The van der Waals surface area contributed by atoms with Gasteiger partial charge in [0.15, 0.2) is 0 Å². The van der Waals surface area contributed by atoms with E-state index in [1.54, 1.807) is 30.3 Å². The van der Waals surface area contributed by atoms with Crippen molar-refractivity contribution in [2.45, 2.75) is 0 Å². The quantitative estimate of drug-likeness (QED) is 0.404. The molecule has 0 fully saturated rings. The predicted octanol–water partition coefficient (Wildman–Crippen LogP) is 5.63. The van der Waals surface area contributed by atoms with Crippen LogP contribution in [-0.4, -0.2) is 26.6 Å². The Morgan fingerprint density at radius 3 is 2.41 bits per heavy atom. The molecule has 0 unspecified atom stereocenters. The Balaban J connectivity index is 1.74. The summed E-state index contributed by atoms with van der Waals surface area (Å²) in [6.45, 7) is 0. The van der Waals surface area contributed by atoms with Crippen LogP contribution in [-0.2, 0) is 4.79 Å². The maximum absolute atomic E-state index is 13.2. The van der Waals surface area contributed by atoms with Gasteiger partial charge in [-0.25, -0.2) is 9.37 Å². The van der Waals surface area contributed by atoms with Crippen LogP contribution in [0.1, 0.15) is 0 Å². The van der Waals surface area contributed by atoms with Crippen LogP contribution in [0.3, 0.4) is 0 Å². The minimum absolute atomic E-state index is 0.190. The van der Waals surface area contributed by atoms with Gasteiger partial charge in [0.2, 0.25) is 11.0 Å². The number of carbonyl (C=O) groups is 1. The number of carbonyl (C=O) groups excluding carboxylic acids is 1. The van der Waals surface area contributed by atoms with Crippen LogP contribution in [0, 0.1) is 5.82 Å². The number of thiazole rings is 1. The molecule has 0 radical (unpaired) electrons. The zero-order chi connectivity index (χ0) is 20.4. The number of halogens is 3. The van der Waals surface area contributed by atoms with Gasteiger partial charge in [0, 0.05) is 27.6 Å². The van der Waals surface area contributed by atoms with E-state index in [4.69, 9.17) is 23.2 Å². The third-order valence-corrected chi connectivity index (χ3v) is 5.36. The first kappa shape index (κ1) is 19.6. The van der Waals surface area contributed by atoms with Crippen LogP contribution in [0.25, 0.3) is 27.6 Å². The van der Waals surface area contributed by atoms with Gasteiger partial charge >= 0.3 is 0 Å². The Kier molecular flexibility index (Phi) is 5.62. The minimum atomic E-state index is -0.368. The van der Waals surface area contributed by atoms with Crippen molar-refractivity contribution in [1.82, 2.24) is 14.8 Å². The lowest BCUT2D eigenvalue weighted by molar-refractivity contribution is -0.114. The molecule has 0 aliphatic heterocycles. The molecule has 4 aromatic rings. The molecule has 1 amide bonds. The fraction of sp³-hybridized carbons (Fsp3) is 0.0500. The van der Waals surface area contributed by atoms with Gasteiger partial charge in [-0.3, -0.25) is 4.79 Å². The van der Waals surface area contributed by atoms with E-state index in [1.807, 2.05) is 17.5 Å². The number of benzene rings is 2. The maximum Gasteiger partial charge on any atom is 0.240 e. The maximum atomic E-state index is 13.2. The average Bonchev–Trinajstić information content (AvgIpc) is 3.36. The molecule has 0 bridgehead atoms. The minimum Gasteiger partial charge on any atom is -0.309 e. The zero-order valence-corrected chi connectivity index (χ0v) is 17.1. The molecule has 1 N–H and O–H groups in total. The summed E-state index contributed by atoms with van der Waals surface area (Å²) >= 11 is 13.0. The Morgan fingerprint density at radius 2 is 1.72 bits per heavy atom. The molecule has 29 heavy (non-hydrogen) atoms. The van der Waals surface area contributed by atoms with E-state index < -0.39 is 0 Å². The Morgan fingerprint density at radius 1 is 1.07 bits per heavy atom. The van der Waals surface area contributed by atoms with Gasteiger partial charge in [0.05, 0.1) is 11.4 Å². The molecule has 0 spiro atoms. The van der Waals surface area contributed by atoms with E-state index in [0.717, 1.165) is 11.3 Å². The van der Waals surface area contributed by atoms with Gasteiger partial charge in [-0.1, -0.05) is 23.7 Å². The molecule has 2 aromatic heterocycles. The summed E-state index contributed by atoms with van der Waals surface area (Å²) in [4.78, 5) is 16.5. The molecular weight excluding hydrogens is 434 g/mol. The summed E-state index contributed by atoms with van der Waals surface area (Å²) < 4.78 is 14.8. The predicted molar refractivity (Wildman–Crippen MR) is 114 cm³/mol. The van der Waals surface area contributed by atoms with E-state index in [9.17, 15) is 9.18 Å². The number of rotatable bonds is 5. The first-order chi connectivity index (χ1) is 14.0. The van der Waals surface area contributed by atoms with E-state index >= 15 is 0 Å². The fourth-order valence-corrected chi connectivity index (χ4v) is 3.66. The number of aromatic nitrogens is 3. The first-order valence-corrected chi connectivity index (χ1v) is 10.3. The topological polar surface area (TPSA) is 59.8 Å². The van der Waals surface area contributed by atoms with Crippen molar-refractivity contribution in [2.24, 2.45) is 0 Å². The van der Waals surface area contributed by atoms with Crippen molar-refractivity contribution >= 4 is 46.3 Å². The average molecular weight is 447 g/mol. The SMILES string of the molecule is O=C(CCl)Nc1cc(-c2ccc(F)cc2)nn1-c1nc(-c2ccc(Cl)cc2)cs1. The standard InChI is InChI=1S/C20H13Cl2FN4OS/c21-10-19(28)25-18-9-16(12-3-7-15(23)8-4-12)26-27(18)20-24-17(11-29-20)13-1-5-14(22)6-2-13/h1-9,11H,10H2,(H,25,28). The van der Waals surface area contributed by atoms with Gasteiger partial charge in [0.1, 0.15) is 17.5 Å². The van der Waals surface area contributed by atoms with Crippen LogP contribution in [0.4, 0.5) is 10.2 Å². The van der Waals surface area contributed by atoms with Crippen molar-refractivity contribution in [3.63, 3.8) is 0 Å². The fourth-order valence-electron chi connectivity index (χ4n) is 2.67. The van der Waals surface area contributed by atoms with Crippen molar-refractivity contribution in [1.29, 1.82) is 0 Å². The molecule has 0 atom stereocenters. The van der Waals surface area contributed by atoms with Crippen molar-refractivity contribution in [2.75, 3.05) is 11.2 Å². The van der Waals surface area contributed by atoms with Crippen LogP contribution in [0.2, 0.25) is 5.02 Å². The Hall–Kier alpha value is -2.74. The van der Waals surface area contributed by atoms with E-state index in [2.05, 4.69) is 15.4 Å². The highest BCUT2D eigenvalue weighted by atomic mass is 35.5. The Bertz CT molecular complexity index is 1160. The van der Waals surface area contributed by atoms with Crippen molar-refractivity contribution in [3.8, 4) is 27.6 Å². The summed E-state index contributed by atoms with van der Waals surface area (Å²) in [5.41, 5.74) is 2.95. The van der Waals surface area contributed by atoms with Crippen LogP contribution >= 0.6 is 34.5 Å². The lowest BCUT2D eigenvalue weighted by atomic mass is 10.1. The lowest BCUT2D eigenvalue weighted by Crippen LogP contribution is -2.15. The normalized spacial score (nSPS) is 10.9. The number of nitrogens with one attached hydrogen (secondary N) is 1. The highest BCUT2D eigenvalue weighted by Gasteiger charge is 2.16. The number of hydrogen-bond acceptors (Lipinski definition) is 4. The summed E-state index contributed by atoms with van der Waals surface area (Å²) in [6, 6.07) is 15.0. The molecule has 0 aliphatic carbocycles. The van der Waals surface area contributed by atoms with Crippen LogP contribution in [0.5, 0.6) is 0 Å². The summed E-state index contributed by atoms with van der Waals surface area (Å²) in [5, 5.41) is 10.4. The number of anilines is 1. The second-order valence-electron chi connectivity index (χ2n) is 6.04. The molecule has 4 rings (SSSR count).